The number of nitrogens with zero attached hydrogens (tertiary/aromatic N) is 2. The van der Waals surface area contributed by atoms with Gasteiger partial charge in [0.15, 0.2) is 0 Å². The first-order valence-electron chi connectivity index (χ1n) is 6.89. The van der Waals surface area contributed by atoms with Crippen molar-refractivity contribution in [2.24, 2.45) is 0 Å². The number of anilines is 1. The molecule has 1 aromatic rings. The number of rotatable bonds is 4. The van der Waals surface area contributed by atoms with Gasteiger partial charge in [0.05, 0.1) is 12.7 Å². The predicted molar refractivity (Wildman–Crippen MR) is 71.5 cm³/mol. The summed E-state index contributed by atoms with van der Waals surface area (Å²) in [5.74, 6) is 0.617. The van der Waals surface area contributed by atoms with Crippen LogP contribution in [0.2, 0.25) is 0 Å². The van der Waals surface area contributed by atoms with Crippen molar-refractivity contribution >= 4 is 5.82 Å². The highest BCUT2D eigenvalue weighted by Gasteiger charge is 2.35. The van der Waals surface area contributed by atoms with Crippen LogP contribution >= 0.6 is 0 Å². The normalized spacial score (nSPS) is 29.6. The van der Waals surface area contributed by atoms with Gasteiger partial charge in [-0.3, -0.25) is 4.57 Å². The Morgan fingerprint density at radius 3 is 2.90 bits per heavy atom. The van der Waals surface area contributed by atoms with Crippen LogP contribution in [0.3, 0.4) is 0 Å². The minimum atomic E-state index is -0.763. The van der Waals surface area contributed by atoms with Crippen molar-refractivity contribution < 1.29 is 14.9 Å². The molecule has 0 radical (unpaired) electrons. The number of ether oxygens (including phenoxy) is 1. The lowest BCUT2D eigenvalue weighted by Crippen LogP contribution is -2.29. The summed E-state index contributed by atoms with van der Waals surface area (Å²) < 4.78 is 6.86. The molecule has 3 N–H and O–H groups in total. The predicted octanol–water partition coefficient (Wildman–Crippen LogP) is -0.233. The quantitative estimate of drug-likeness (QED) is 0.705. The van der Waals surface area contributed by atoms with Crippen LogP contribution in [0, 0.1) is 6.92 Å². The maximum atomic E-state index is 12.1. The molecule has 1 aliphatic heterocycles. The average Bonchev–Trinajstić information content (AvgIpc) is 3.15. The summed E-state index contributed by atoms with van der Waals surface area (Å²) in [5.41, 5.74) is 0.455. The maximum absolute atomic E-state index is 12.1. The molecule has 1 aliphatic carbocycles. The summed E-state index contributed by atoms with van der Waals surface area (Å²) in [5, 5.41) is 22.0. The molecule has 2 heterocycles. The van der Waals surface area contributed by atoms with Gasteiger partial charge in [-0.1, -0.05) is 0 Å². The number of hydrogen-bond donors (Lipinski definition) is 3. The van der Waals surface area contributed by atoms with E-state index in [9.17, 15) is 9.90 Å². The van der Waals surface area contributed by atoms with Gasteiger partial charge < -0.3 is 20.3 Å². The highest BCUT2D eigenvalue weighted by molar-refractivity contribution is 5.43. The Bertz CT molecular complexity index is 555. The van der Waals surface area contributed by atoms with Gasteiger partial charge in [-0.25, -0.2) is 4.79 Å². The largest absolute Gasteiger partial charge is 0.394 e. The van der Waals surface area contributed by atoms with Crippen molar-refractivity contribution in [1.82, 2.24) is 9.55 Å². The maximum Gasteiger partial charge on any atom is 0.351 e. The van der Waals surface area contributed by atoms with E-state index in [0.717, 1.165) is 18.4 Å². The molecule has 1 saturated carbocycles. The Morgan fingerprint density at radius 2 is 2.30 bits per heavy atom. The molecule has 7 nitrogen and oxygen atoms in total. The standard InChI is InChI=1S/C13H19N3O4/c1-7-5-16(11-4-9(18)10(6-17)20-11)13(19)15-12(7)14-8-2-3-8/h5,8-11,17-18H,2-4,6H2,1H3,(H,14,15,19)/t9-,10-,11-/m0/s1. The van der Waals surface area contributed by atoms with Crippen LogP contribution in [0.25, 0.3) is 0 Å². The van der Waals surface area contributed by atoms with Crippen molar-refractivity contribution in [3.63, 3.8) is 0 Å². The lowest BCUT2D eigenvalue weighted by molar-refractivity contribution is -0.0459. The molecule has 20 heavy (non-hydrogen) atoms. The third-order valence-electron chi connectivity index (χ3n) is 3.75. The molecule has 0 amide bonds. The fourth-order valence-electron chi connectivity index (χ4n) is 2.39. The second-order valence-electron chi connectivity index (χ2n) is 5.50. The molecule has 3 rings (SSSR count). The van der Waals surface area contributed by atoms with Gasteiger partial charge in [0, 0.05) is 24.2 Å². The Labute approximate surface area is 116 Å². The molecule has 7 heteroatoms. The van der Waals surface area contributed by atoms with E-state index >= 15 is 0 Å². The Balaban J connectivity index is 1.83. The molecular weight excluding hydrogens is 262 g/mol. The zero-order chi connectivity index (χ0) is 14.3. The van der Waals surface area contributed by atoms with Crippen LogP contribution in [-0.2, 0) is 4.74 Å². The van der Waals surface area contributed by atoms with Crippen LogP contribution in [0.15, 0.2) is 11.0 Å². The molecule has 2 fully saturated rings. The molecule has 1 aromatic heterocycles. The summed E-state index contributed by atoms with van der Waals surface area (Å²) in [4.78, 5) is 16.1. The van der Waals surface area contributed by atoms with Gasteiger partial charge in [0.25, 0.3) is 0 Å². The fourth-order valence-corrected chi connectivity index (χ4v) is 2.39. The van der Waals surface area contributed by atoms with Crippen LogP contribution in [0.5, 0.6) is 0 Å². The lowest BCUT2D eigenvalue weighted by atomic mass is 10.2. The van der Waals surface area contributed by atoms with E-state index in [1.807, 2.05) is 6.92 Å². The van der Waals surface area contributed by atoms with Gasteiger partial charge in [0.1, 0.15) is 18.1 Å². The van der Waals surface area contributed by atoms with Crippen molar-refractivity contribution in [2.75, 3.05) is 11.9 Å². The van der Waals surface area contributed by atoms with Crippen LogP contribution < -0.4 is 11.0 Å². The summed E-state index contributed by atoms with van der Waals surface area (Å²) in [6.07, 6.45) is 2.22. The zero-order valence-corrected chi connectivity index (χ0v) is 11.3. The Morgan fingerprint density at radius 1 is 1.55 bits per heavy atom. The summed E-state index contributed by atoms with van der Waals surface area (Å²) in [7, 11) is 0. The molecular formula is C13H19N3O4. The number of nitrogens with one attached hydrogen (secondary N) is 1. The van der Waals surface area contributed by atoms with Crippen LogP contribution in [-0.4, -0.2) is 44.6 Å². The van der Waals surface area contributed by atoms with Gasteiger partial charge in [-0.15, -0.1) is 0 Å². The SMILES string of the molecule is Cc1cn([C@@H]2C[C@H](O)[C@H](CO)O2)c(=O)nc1NC1CC1. The van der Waals surface area contributed by atoms with E-state index in [1.54, 1.807) is 6.20 Å². The average molecular weight is 281 g/mol. The van der Waals surface area contributed by atoms with Crippen LogP contribution in [0.1, 0.15) is 31.1 Å². The van der Waals surface area contributed by atoms with Crippen molar-refractivity contribution in [1.29, 1.82) is 0 Å². The second kappa shape index (κ2) is 5.16. The number of hydrogen-bond acceptors (Lipinski definition) is 6. The summed E-state index contributed by atoms with van der Waals surface area (Å²) in [6.45, 7) is 1.61. The Hall–Kier alpha value is -1.44. The highest BCUT2D eigenvalue weighted by Crippen LogP contribution is 2.29. The van der Waals surface area contributed by atoms with E-state index in [0.29, 0.717) is 11.9 Å². The number of aliphatic hydroxyl groups excluding tert-OH is 2. The molecule has 1 saturated heterocycles. The Kier molecular flexibility index (Phi) is 3.49. The van der Waals surface area contributed by atoms with Gasteiger partial charge in [-0.2, -0.15) is 4.98 Å². The van der Waals surface area contributed by atoms with Crippen molar-refractivity contribution in [3.8, 4) is 0 Å². The smallest absolute Gasteiger partial charge is 0.351 e. The first-order valence-corrected chi connectivity index (χ1v) is 6.89. The monoisotopic (exact) mass is 281 g/mol. The van der Waals surface area contributed by atoms with Crippen molar-refractivity contribution in [2.45, 2.75) is 50.7 Å². The number of aromatic nitrogens is 2. The minimum Gasteiger partial charge on any atom is -0.394 e. The molecule has 110 valence electrons. The topological polar surface area (TPSA) is 96.6 Å². The van der Waals surface area contributed by atoms with Crippen molar-refractivity contribution in [3.05, 3.63) is 22.2 Å². The van der Waals surface area contributed by atoms with E-state index in [1.165, 1.54) is 4.57 Å². The van der Waals surface area contributed by atoms with E-state index in [4.69, 9.17) is 9.84 Å². The molecule has 0 spiro atoms. The van der Waals surface area contributed by atoms with E-state index in [-0.39, 0.29) is 13.0 Å². The number of aliphatic hydroxyl groups is 2. The van der Waals surface area contributed by atoms with Gasteiger partial charge in [0.2, 0.25) is 0 Å². The molecule has 3 atom stereocenters. The third-order valence-corrected chi connectivity index (χ3v) is 3.75. The number of aryl methyl sites for hydroxylation is 1. The van der Waals surface area contributed by atoms with E-state index < -0.39 is 24.1 Å². The minimum absolute atomic E-state index is 0.264. The van der Waals surface area contributed by atoms with Gasteiger partial charge >= 0.3 is 5.69 Å². The lowest BCUT2D eigenvalue weighted by Gasteiger charge is -2.16. The fraction of sp³-hybridized carbons (Fsp3) is 0.692. The van der Waals surface area contributed by atoms with Crippen LogP contribution in [0.4, 0.5) is 5.82 Å². The first kappa shape index (κ1) is 13.5. The molecule has 0 unspecified atom stereocenters. The second-order valence-corrected chi connectivity index (χ2v) is 5.50. The summed E-state index contributed by atoms with van der Waals surface area (Å²) >= 11 is 0. The van der Waals surface area contributed by atoms with Gasteiger partial charge in [-0.05, 0) is 19.8 Å². The molecule has 2 aliphatic rings. The van der Waals surface area contributed by atoms with E-state index in [2.05, 4.69) is 10.3 Å². The molecule has 0 aromatic carbocycles. The third kappa shape index (κ3) is 2.56. The zero-order valence-electron chi connectivity index (χ0n) is 11.3. The molecule has 0 bridgehead atoms. The first-order chi connectivity index (χ1) is 9.58. The highest BCUT2D eigenvalue weighted by atomic mass is 16.5. The summed E-state index contributed by atoms with van der Waals surface area (Å²) in [6, 6.07) is 0.430.